The maximum absolute atomic E-state index is 11.8. The minimum atomic E-state index is -2.87. The summed E-state index contributed by atoms with van der Waals surface area (Å²) in [7, 11) is -4.24. The summed E-state index contributed by atoms with van der Waals surface area (Å²) < 4.78 is 27.6. The summed E-state index contributed by atoms with van der Waals surface area (Å²) in [5.41, 5.74) is 0. The zero-order valence-corrected chi connectivity index (χ0v) is 39.6. The van der Waals surface area contributed by atoms with E-state index in [1.807, 2.05) is 0 Å². The van der Waals surface area contributed by atoms with E-state index in [1.54, 1.807) is 0 Å². The molecule has 4 aromatic carbocycles. The number of carbonyl (C=O) groups excluding carboxylic acids is 1. The van der Waals surface area contributed by atoms with Gasteiger partial charge in [0.05, 0.1) is 25.1 Å². The van der Waals surface area contributed by atoms with Crippen LogP contribution in [0.3, 0.4) is 0 Å². The maximum atomic E-state index is 11.8. The number of rotatable bonds is 18. The topological polar surface area (TPSA) is 54.0 Å². The predicted octanol–water partition coefficient (Wildman–Crippen LogP) is 10.7. The van der Waals surface area contributed by atoms with Gasteiger partial charge in [0.1, 0.15) is 6.10 Å². The Labute approximate surface area is 363 Å². The minimum absolute atomic E-state index is 0.0471. The van der Waals surface area contributed by atoms with Gasteiger partial charge in [0.15, 0.2) is 0 Å². The van der Waals surface area contributed by atoms with Crippen LogP contribution in [0.1, 0.15) is 106 Å². The predicted molar refractivity (Wildman–Crippen MR) is 253 cm³/mol. The molecule has 1 heterocycles. The first-order valence-corrected chi connectivity index (χ1v) is 26.3. The van der Waals surface area contributed by atoms with E-state index in [0.29, 0.717) is 6.42 Å². The van der Waals surface area contributed by atoms with Crippen LogP contribution in [-0.4, -0.2) is 48.0 Å². The minimum Gasteiger partial charge on any atom is -0.495 e. The summed E-state index contributed by atoms with van der Waals surface area (Å²) in [4.78, 5) is 11.8. The Bertz CT molecular complexity index is 1910. The summed E-state index contributed by atoms with van der Waals surface area (Å²) in [5, 5.41) is 4.91. The van der Waals surface area contributed by atoms with Crippen molar-refractivity contribution >= 4 is 43.4 Å². The summed E-state index contributed by atoms with van der Waals surface area (Å²) in [6.07, 6.45) is 15.1. The molecular weight excluding hydrogens is 773 g/mol. The molecule has 0 amide bonds. The molecule has 60 heavy (non-hydrogen) atoms. The van der Waals surface area contributed by atoms with Gasteiger partial charge in [-0.2, -0.15) is 0 Å². The van der Waals surface area contributed by atoms with Crippen molar-refractivity contribution in [2.75, 3.05) is 7.11 Å². The van der Waals surface area contributed by atoms with Crippen LogP contribution in [0.25, 0.3) is 0 Å². The number of allylic oxidation sites excluding steroid dienone is 2. The van der Waals surface area contributed by atoms with E-state index in [0.717, 1.165) is 50.7 Å². The van der Waals surface area contributed by atoms with Crippen molar-refractivity contribution < 1.29 is 23.1 Å². The number of ether oxygens (including phenoxy) is 2. The van der Waals surface area contributed by atoms with Gasteiger partial charge in [-0.3, -0.25) is 4.79 Å². The number of unbranched alkanes of at least 4 members (excludes halogenated alkanes) is 3. The van der Waals surface area contributed by atoms with E-state index in [2.05, 4.69) is 188 Å². The first-order valence-electron chi connectivity index (χ1n) is 22.5. The van der Waals surface area contributed by atoms with Crippen LogP contribution >= 0.6 is 0 Å². The number of hydrogen-bond donors (Lipinski definition) is 0. The largest absolute Gasteiger partial charge is 0.495 e. The lowest BCUT2D eigenvalue weighted by molar-refractivity contribution is -0.140. The Hall–Kier alpha value is -4.02. The van der Waals surface area contributed by atoms with Crippen molar-refractivity contribution in [1.29, 1.82) is 0 Å². The number of esters is 1. The second-order valence-electron chi connectivity index (χ2n) is 19.0. The van der Waals surface area contributed by atoms with Gasteiger partial charge < -0.3 is 18.3 Å². The molecule has 5 atom stereocenters. The van der Waals surface area contributed by atoms with Crippen LogP contribution < -0.4 is 20.7 Å². The van der Waals surface area contributed by atoms with Crippen molar-refractivity contribution in [2.24, 2.45) is 11.8 Å². The molecule has 2 aliphatic rings. The Kier molecular flexibility index (Phi) is 15.3. The molecule has 0 unspecified atom stereocenters. The molecular formula is C53H70O5Si2. The van der Waals surface area contributed by atoms with Crippen LogP contribution in [-0.2, 0) is 23.1 Å². The van der Waals surface area contributed by atoms with Gasteiger partial charge in [-0.25, -0.2) is 0 Å². The number of carbonyl (C=O) groups is 1. The molecule has 1 saturated heterocycles. The molecule has 320 valence electrons. The average molecular weight is 843 g/mol. The van der Waals surface area contributed by atoms with Crippen LogP contribution in [0.4, 0.5) is 0 Å². The lowest BCUT2D eigenvalue weighted by Crippen LogP contribution is -2.68. The normalized spacial score (nSPS) is 20.9. The molecule has 7 heteroatoms. The molecule has 6 rings (SSSR count). The van der Waals surface area contributed by atoms with E-state index >= 15 is 0 Å². The van der Waals surface area contributed by atoms with E-state index in [4.69, 9.17) is 18.3 Å². The summed E-state index contributed by atoms with van der Waals surface area (Å²) in [5.74, 6) is 1.26. The molecule has 1 aliphatic carbocycles. The van der Waals surface area contributed by atoms with Crippen molar-refractivity contribution in [3.05, 3.63) is 145 Å². The quantitative estimate of drug-likeness (QED) is 0.0432. The summed E-state index contributed by atoms with van der Waals surface area (Å²) >= 11 is 0. The van der Waals surface area contributed by atoms with E-state index in [-0.39, 0.29) is 46.2 Å². The molecule has 0 spiro atoms. The van der Waals surface area contributed by atoms with Gasteiger partial charge in [-0.1, -0.05) is 201 Å². The Balaban J connectivity index is 1.43. The third kappa shape index (κ3) is 10.0. The number of hydrogen-bond acceptors (Lipinski definition) is 5. The van der Waals surface area contributed by atoms with E-state index in [9.17, 15) is 4.79 Å². The highest BCUT2D eigenvalue weighted by atomic mass is 28.4. The van der Waals surface area contributed by atoms with Crippen LogP contribution in [0, 0.1) is 11.8 Å². The van der Waals surface area contributed by atoms with Gasteiger partial charge in [-0.05, 0) is 56.2 Å². The highest BCUT2D eigenvalue weighted by molar-refractivity contribution is 7.00. The molecule has 0 radical (unpaired) electrons. The zero-order chi connectivity index (χ0) is 42.8. The van der Waals surface area contributed by atoms with Gasteiger partial charge in [-0.15, -0.1) is 0 Å². The number of fused-ring (bicyclic) bond motifs is 1. The summed E-state index contributed by atoms with van der Waals surface area (Å²) in [6.45, 7) is 16.5. The number of methoxy groups -OCH3 is 1. The Morgan fingerprint density at radius 2 is 1.23 bits per heavy atom. The Morgan fingerprint density at radius 3 is 1.70 bits per heavy atom. The van der Waals surface area contributed by atoms with Crippen molar-refractivity contribution in [1.82, 2.24) is 0 Å². The van der Waals surface area contributed by atoms with E-state index in [1.165, 1.54) is 34.3 Å². The molecule has 0 bridgehead atoms. The van der Waals surface area contributed by atoms with Crippen molar-refractivity contribution in [3.63, 3.8) is 0 Å². The Morgan fingerprint density at radius 1 is 0.733 bits per heavy atom. The van der Waals surface area contributed by atoms with Gasteiger partial charge in [0.25, 0.3) is 16.6 Å². The second-order valence-corrected chi connectivity index (χ2v) is 27.5. The lowest BCUT2D eigenvalue weighted by atomic mass is 9.90. The standard InChI is InChI=1S/C53H70O5Si2/c1-9-10-15-26-41(57-59(52(2,3)4,43-28-16-11-17-29-43)44-30-18-12-19-31-44)37-38-47-48-39-42(27-24-25-36-51(54)55-8)56-49(48)40-50(47)58-60(53(5,6)7,45-32-20-13-21-33-45)46-34-22-14-23-35-46/h11-14,16-23,27-35,37-38,41,47-50H,9-10,15,24-26,36,39-40H2,1-8H3/b38-37+,42-27-/t41-,47+,48+,49-,50+/m0/s1. The molecule has 4 aromatic rings. The first kappa shape index (κ1) is 45.5. The van der Waals surface area contributed by atoms with Crippen LogP contribution in [0.15, 0.2) is 145 Å². The molecule has 0 aromatic heterocycles. The highest BCUT2D eigenvalue weighted by Gasteiger charge is 2.56. The van der Waals surface area contributed by atoms with Crippen LogP contribution in [0.5, 0.6) is 0 Å². The fourth-order valence-electron chi connectivity index (χ4n) is 9.98. The van der Waals surface area contributed by atoms with Crippen LogP contribution in [0.2, 0.25) is 10.1 Å². The van der Waals surface area contributed by atoms with Gasteiger partial charge >= 0.3 is 5.97 Å². The lowest BCUT2D eigenvalue weighted by Gasteiger charge is -2.46. The monoisotopic (exact) mass is 842 g/mol. The third-order valence-corrected chi connectivity index (χ3v) is 23.0. The van der Waals surface area contributed by atoms with Crippen molar-refractivity contribution in [3.8, 4) is 0 Å². The van der Waals surface area contributed by atoms with E-state index < -0.39 is 16.6 Å². The fourth-order valence-corrected chi connectivity index (χ4v) is 19.4. The van der Waals surface area contributed by atoms with Gasteiger partial charge in [0.2, 0.25) is 0 Å². The molecule has 1 saturated carbocycles. The fraction of sp³-hybridized carbons (Fsp3) is 0.453. The first-order chi connectivity index (χ1) is 28.8. The SMILES string of the molecule is CCCCC[C@@H](/C=C/[C@@H]1[C@H]2C/C(=C/CCCC(=O)OC)O[C@H]2C[C@H]1O[Si](c1ccccc1)(c1ccccc1)C(C)(C)C)O[Si](c1ccccc1)(c1ccccc1)C(C)(C)C. The summed E-state index contributed by atoms with van der Waals surface area (Å²) in [6, 6.07) is 44.1. The molecule has 1 aliphatic heterocycles. The smallest absolute Gasteiger partial charge is 0.305 e. The average Bonchev–Trinajstić information content (AvgIpc) is 3.79. The number of benzene rings is 4. The molecule has 2 fully saturated rings. The third-order valence-electron chi connectivity index (χ3n) is 12.9. The van der Waals surface area contributed by atoms with Gasteiger partial charge in [0, 0.05) is 31.1 Å². The second kappa shape index (κ2) is 20.2. The highest BCUT2D eigenvalue weighted by Crippen LogP contribution is 2.49. The van der Waals surface area contributed by atoms with Crippen molar-refractivity contribution in [2.45, 2.75) is 135 Å². The zero-order valence-electron chi connectivity index (χ0n) is 37.6. The molecule has 5 nitrogen and oxygen atoms in total. The maximum Gasteiger partial charge on any atom is 0.305 e. The molecule has 0 N–H and O–H groups in total.